The van der Waals surface area contributed by atoms with Gasteiger partial charge in [0.05, 0.1) is 10.5 Å². The molecule has 1 atom stereocenters. The Morgan fingerprint density at radius 3 is 2.13 bits per heavy atom. The van der Waals surface area contributed by atoms with E-state index < -0.39 is 42.8 Å². The SMILES string of the molecule is C[C@H](OC(=O)c1ccc(S(C)(=O)=O)c([N+](=O)[O-])c1)C(=O)C12CC3CC(CC(C3)C1)C2. The van der Waals surface area contributed by atoms with Crippen LogP contribution in [0.15, 0.2) is 23.1 Å². The van der Waals surface area contributed by atoms with Gasteiger partial charge in [0.1, 0.15) is 4.90 Å². The van der Waals surface area contributed by atoms with Gasteiger partial charge in [-0.15, -0.1) is 0 Å². The number of sulfone groups is 1. The van der Waals surface area contributed by atoms with Crippen LogP contribution < -0.4 is 0 Å². The summed E-state index contributed by atoms with van der Waals surface area (Å²) >= 11 is 0. The van der Waals surface area contributed by atoms with E-state index in [-0.39, 0.29) is 11.3 Å². The van der Waals surface area contributed by atoms with E-state index in [1.54, 1.807) is 6.92 Å². The van der Waals surface area contributed by atoms with Gasteiger partial charge in [0.25, 0.3) is 5.69 Å². The minimum absolute atomic E-state index is 0.0581. The Kier molecular flexibility index (Phi) is 4.99. The summed E-state index contributed by atoms with van der Waals surface area (Å²) in [5.41, 5.74) is -1.26. The molecule has 4 fully saturated rings. The number of esters is 1. The van der Waals surface area contributed by atoms with Gasteiger partial charge in [0.2, 0.25) is 0 Å². The number of ether oxygens (including phenoxy) is 1. The number of rotatable bonds is 6. The minimum atomic E-state index is -3.83. The molecule has 0 aliphatic heterocycles. The average Bonchev–Trinajstić information content (AvgIpc) is 2.65. The van der Waals surface area contributed by atoms with Crippen molar-refractivity contribution in [1.29, 1.82) is 0 Å². The number of nitro benzene ring substituents is 1. The molecule has 4 aliphatic carbocycles. The van der Waals surface area contributed by atoms with E-state index in [0.717, 1.165) is 37.7 Å². The van der Waals surface area contributed by atoms with Crippen LogP contribution in [-0.2, 0) is 19.4 Å². The van der Waals surface area contributed by atoms with Crippen molar-refractivity contribution < 1.29 is 27.7 Å². The Morgan fingerprint density at radius 2 is 1.67 bits per heavy atom. The maximum absolute atomic E-state index is 13.3. The van der Waals surface area contributed by atoms with E-state index in [0.29, 0.717) is 17.8 Å². The van der Waals surface area contributed by atoms with Gasteiger partial charge in [-0.25, -0.2) is 13.2 Å². The molecule has 0 saturated heterocycles. The van der Waals surface area contributed by atoms with E-state index in [9.17, 15) is 28.1 Å². The first-order valence-corrected chi connectivity index (χ1v) is 12.1. The Morgan fingerprint density at radius 1 is 1.13 bits per heavy atom. The van der Waals surface area contributed by atoms with Crippen molar-refractivity contribution in [2.75, 3.05) is 6.26 Å². The van der Waals surface area contributed by atoms with E-state index in [1.807, 2.05) is 0 Å². The van der Waals surface area contributed by atoms with Crippen LogP contribution in [0.5, 0.6) is 0 Å². The molecular weight excluding hydrogens is 410 g/mol. The van der Waals surface area contributed by atoms with Crippen molar-refractivity contribution in [3.63, 3.8) is 0 Å². The fourth-order valence-corrected chi connectivity index (χ4v) is 7.05. The lowest BCUT2D eigenvalue weighted by Crippen LogP contribution is -2.52. The lowest BCUT2D eigenvalue weighted by atomic mass is 9.48. The molecule has 5 rings (SSSR count). The first-order valence-electron chi connectivity index (χ1n) is 10.2. The van der Waals surface area contributed by atoms with Gasteiger partial charge in [-0.05, 0) is 75.3 Å². The number of hydrogen-bond acceptors (Lipinski definition) is 7. The van der Waals surface area contributed by atoms with E-state index in [2.05, 4.69) is 0 Å². The first-order chi connectivity index (χ1) is 14.0. The largest absolute Gasteiger partial charge is 0.451 e. The van der Waals surface area contributed by atoms with Gasteiger partial charge < -0.3 is 4.74 Å². The summed E-state index contributed by atoms with van der Waals surface area (Å²) < 4.78 is 28.9. The molecule has 0 N–H and O–H groups in total. The van der Waals surface area contributed by atoms with Crippen LogP contribution in [0.2, 0.25) is 0 Å². The molecule has 9 heteroatoms. The van der Waals surface area contributed by atoms with Crippen molar-refractivity contribution in [2.24, 2.45) is 23.2 Å². The standard InChI is InChI=1S/C21H25NO7S/c1-12(19(23)21-9-13-5-14(10-21)7-15(6-13)11-21)29-20(24)16-3-4-18(30(2,27)28)17(8-16)22(25)26/h3-4,8,12-15H,5-7,9-11H2,1-2H3/t12-,13?,14?,15?,21?/m0/s1. The highest BCUT2D eigenvalue weighted by molar-refractivity contribution is 7.90. The number of ketones is 1. The lowest BCUT2D eigenvalue weighted by Gasteiger charge is -2.56. The summed E-state index contributed by atoms with van der Waals surface area (Å²) in [5, 5.41) is 11.3. The fourth-order valence-electron chi connectivity index (χ4n) is 6.23. The van der Waals surface area contributed by atoms with Crippen molar-refractivity contribution in [3.8, 4) is 0 Å². The number of benzene rings is 1. The third kappa shape index (κ3) is 3.64. The zero-order valence-electron chi connectivity index (χ0n) is 17.0. The predicted octanol–water partition coefficient (Wildman–Crippen LogP) is 3.33. The monoisotopic (exact) mass is 435 g/mol. The molecule has 8 nitrogen and oxygen atoms in total. The molecule has 0 heterocycles. The molecule has 0 amide bonds. The number of hydrogen-bond donors (Lipinski definition) is 0. The normalized spacial score (nSPS) is 30.7. The molecule has 4 aliphatic rings. The minimum Gasteiger partial charge on any atom is -0.451 e. The second-order valence-corrected chi connectivity index (χ2v) is 11.3. The van der Waals surface area contributed by atoms with Crippen LogP contribution in [0.25, 0.3) is 0 Å². The van der Waals surface area contributed by atoms with E-state index in [4.69, 9.17) is 4.74 Å². The fraction of sp³-hybridized carbons (Fsp3) is 0.619. The smallest absolute Gasteiger partial charge is 0.339 e. The van der Waals surface area contributed by atoms with Gasteiger partial charge in [0, 0.05) is 17.7 Å². The second-order valence-electron chi connectivity index (χ2n) is 9.32. The third-order valence-corrected chi connectivity index (χ3v) is 8.15. The van der Waals surface area contributed by atoms with E-state index in [1.165, 1.54) is 25.3 Å². The number of nitrogens with zero attached hydrogens (tertiary/aromatic N) is 1. The van der Waals surface area contributed by atoms with Crippen molar-refractivity contribution in [1.82, 2.24) is 0 Å². The van der Waals surface area contributed by atoms with Gasteiger partial charge in [-0.2, -0.15) is 0 Å². The summed E-state index contributed by atoms with van der Waals surface area (Å²) in [7, 11) is -3.83. The predicted molar refractivity (Wildman–Crippen MR) is 107 cm³/mol. The van der Waals surface area contributed by atoms with Crippen LogP contribution in [0.4, 0.5) is 5.69 Å². The molecule has 30 heavy (non-hydrogen) atoms. The van der Waals surface area contributed by atoms with Gasteiger partial charge in [-0.1, -0.05) is 0 Å². The average molecular weight is 435 g/mol. The topological polar surface area (TPSA) is 121 Å². The van der Waals surface area contributed by atoms with Crippen molar-refractivity contribution in [3.05, 3.63) is 33.9 Å². The van der Waals surface area contributed by atoms with Crippen LogP contribution in [0.1, 0.15) is 55.8 Å². The highest BCUT2D eigenvalue weighted by atomic mass is 32.2. The summed E-state index contributed by atoms with van der Waals surface area (Å²) in [6, 6.07) is 3.09. The number of nitro groups is 1. The molecule has 162 valence electrons. The lowest BCUT2D eigenvalue weighted by molar-refractivity contribution is -0.387. The van der Waals surface area contributed by atoms with Gasteiger partial charge >= 0.3 is 5.97 Å². The van der Waals surface area contributed by atoms with Crippen LogP contribution in [-0.4, -0.2) is 37.5 Å². The molecular formula is C21H25NO7S. The quantitative estimate of drug-likeness (QED) is 0.382. The Balaban J connectivity index is 1.52. The van der Waals surface area contributed by atoms with Crippen molar-refractivity contribution >= 4 is 27.3 Å². The number of Topliss-reactive ketones (excluding diaryl/α,β-unsaturated/α-hetero) is 1. The molecule has 4 saturated carbocycles. The first kappa shape index (κ1) is 21.0. The highest BCUT2D eigenvalue weighted by Crippen LogP contribution is 2.60. The molecule has 4 bridgehead atoms. The number of carbonyl (C=O) groups is 2. The Labute approximate surface area is 175 Å². The van der Waals surface area contributed by atoms with Gasteiger partial charge in [-0.3, -0.25) is 14.9 Å². The Hall–Kier alpha value is -2.29. The Bertz CT molecular complexity index is 995. The zero-order chi connectivity index (χ0) is 21.8. The summed E-state index contributed by atoms with van der Waals surface area (Å²) in [5.74, 6) is 0.804. The molecule has 1 aromatic rings. The maximum Gasteiger partial charge on any atom is 0.339 e. The second kappa shape index (κ2) is 7.14. The van der Waals surface area contributed by atoms with E-state index >= 15 is 0 Å². The molecule has 0 radical (unpaired) electrons. The van der Waals surface area contributed by atoms with Crippen molar-refractivity contribution in [2.45, 2.75) is 56.4 Å². The molecule has 0 unspecified atom stereocenters. The van der Waals surface area contributed by atoms with Gasteiger partial charge in [0.15, 0.2) is 21.7 Å². The molecule has 0 aromatic heterocycles. The van der Waals surface area contributed by atoms with Crippen LogP contribution in [0, 0.1) is 33.3 Å². The molecule has 0 spiro atoms. The zero-order valence-corrected chi connectivity index (χ0v) is 17.8. The summed E-state index contributed by atoms with van der Waals surface area (Å²) in [4.78, 5) is 35.8. The summed E-state index contributed by atoms with van der Waals surface area (Å²) in [6.45, 7) is 1.55. The molecule has 1 aromatic carbocycles. The summed E-state index contributed by atoms with van der Waals surface area (Å²) in [6.07, 6.45) is 6.05. The third-order valence-electron chi connectivity index (χ3n) is 7.00. The highest BCUT2D eigenvalue weighted by Gasteiger charge is 2.55. The maximum atomic E-state index is 13.3. The van der Waals surface area contributed by atoms with Crippen LogP contribution in [0.3, 0.4) is 0 Å². The number of carbonyl (C=O) groups excluding carboxylic acids is 2. The van der Waals surface area contributed by atoms with Crippen LogP contribution >= 0.6 is 0 Å².